The van der Waals surface area contributed by atoms with Gasteiger partial charge in [0.2, 0.25) is 0 Å². The number of hydrogen-bond donors (Lipinski definition) is 1. The molecule has 0 bridgehead atoms. The summed E-state index contributed by atoms with van der Waals surface area (Å²) in [6.07, 6.45) is 0. The van der Waals surface area contributed by atoms with Crippen LogP contribution in [0.3, 0.4) is 0 Å². The van der Waals surface area contributed by atoms with Crippen LogP contribution in [0, 0.1) is 5.92 Å². The van der Waals surface area contributed by atoms with Gasteiger partial charge in [-0.05, 0) is 18.1 Å². The Hall–Kier alpha value is -0.180. The van der Waals surface area contributed by atoms with E-state index in [4.69, 9.17) is 16.7 Å². The van der Waals surface area contributed by atoms with Crippen molar-refractivity contribution >= 4 is 23.4 Å². The largest absolute Gasteiger partial charge is 0.392 e. The van der Waals surface area contributed by atoms with E-state index in [0.29, 0.717) is 10.9 Å². The number of thioether (sulfide) groups is 1. The molecule has 0 radical (unpaired) electrons. The third-order valence-electron chi connectivity index (χ3n) is 1.81. The molecule has 0 unspecified atom stereocenters. The molecule has 0 aliphatic heterocycles. The van der Waals surface area contributed by atoms with Crippen LogP contribution in [0.5, 0.6) is 0 Å². The molecule has 0 aliphatic carbocycles. The third kappa shape index (κ3) is 3.19. The average molecular weight is 231 g/mol. The zero-order chi connectivity index (χ0) is 10.6. The molecule has 1 N–H and O–H groups in total. The van der Waals surface area contributed by atoms with E-state index < -0.39 is 0 Å². The summed E-state index contributed by atoms with van der Waals surface area (Å²) in [5.41, 5.74) is 0.847. The molecule has 0 heterocycles. The minimum atomic E-state index is 0.0140. The molecule has 1 aromatic carbocycles. The van der Waals surface area contributed by atoms with E-state index in [1.807, 2.05) is 18.2 Å². The van der Waals surface area contributed by atoms with Crippen molar-refractivity contribution in [3.8, 4) is 0 Å². The van der Waals surface area contributed by atoms with Gasteiger partial charge in [-0.1, -0.05) is 31.5 Å². The van der Waals surface area contributed by atoms with Crippen molar-refractivity contribution < 1.29 is 5.11 Å². The predicted octanol–water partition coefficient (Wildman–Crippen LogP) is 3.58. The van der Waals surface area contributed by atoms with Crippen molar-refractivity contribution in [3.63, 3.8) is 0 Å². The lowest BCUT2D eigenvalue weighted by atomic mass is 10.2. The Balaban J connectivity index is 2.80. The smallest absolute Gasteiger partial charge is 0.0707 e. The molecule has 0 saturated carbocycles. The van der Waals surface area contributed by atoms with Gasteiger partial charge in [-0.2, -0.15) is 0 Å². The van der Waals surface area contributed by atoms with Gasteiger partial charge in [0.05, 0.1) is 6.61 Å². The maximum Gasteiger partial charge on any atom is 0.0707 e. The van der Waals surface area contributed by atoms with Crippen LogP contribution in [0.2, 0.25) is 5.02 Å². The summed E-state index contributed by atoms with van der Waals surface area (Å²) in [6.45, 7) is 4.37. The third-order valence-corrected chi connectivity index (χ3v) is 3.69. The molecule has 0 atom stereocenters. The molecule has 0 saturated heterocycles. The van der Waals surface area contributed by atoms with Gasteiger partial charge in [0, 0.05) is 21.2 Å². The first kappa shape index (κ1) is 11.9. The fraction of sp³-hybridized carbons (Fsp3) is 0.455. The summed E-state index contributed by atoms with van der Waals surface area (Å²) >= 11 is 7.72. The van der Waals surface area contributed by atoms with Gasteiger partial charge < -0.3 is 5.11 Å². The Morgan fingerprint density at radius 3 is 2.71 bits per heavy atom. The van der Waals surface area contributed by atoms with Crippen molar-refractivity contribution in [2.24, 2.45) is 5.92 Å². The van der Waals surface area contributed by atoms with Gasteiger partial charge in [0.1, 0.15) is 0 Å². The Labute approximate surface area is 94.5 Å². The standard InChI is InChI=1S/C11H15ClOS/c1-8(2)7-14-11-5-3-4-10(12)9(11)6-13/h3-5,8,13H,6-7H2,1-2H3. The zero-order valence-electron chi connectivity index (χ0n) is 8.46. The Kier molecular flexibility index (Phi) is 4.79. The quantitative estimate of drug-likeness (QED) is 0.798. The van der Waals surface area contributed by atoms with E-state index in [9.17, 15) is 0 Å². The number of halogens is 1. The maximum atomic E-state index is 9.17. The van der Waals surface area contributed by atoms with E-state index >= 15 is 0 Å². The Morgan fingerprint density at radius 1 is 1.43 bits per heavy atom. The predicted molar refractivity (Wildman–Crippen MR) is 62.9 cm³/mol. The molecule has 1 aromatic rings. The Bertz CT molecular complexity index is 299. The highest BCUT2D eigenvalue weighted by Gasteiger charge is 2.06. The Morgan fingerprint density at radius 2 is 2.14 bits per heavy atom. The highest BCUT2D eigenvalue weighted by atomic mass is 35.5. The van der Waals surface area contributed by atoms with E-state index in [2.05, 4.69) is 13.8 Å². The highest BCUT2D eigenvalue weighted by Crippen LogP contribution is 2.29. The molecule has 0 amide bonds. The summed E-state index contributed by atoms with van der Waals surface area (Å²) in [4.78, 5) is 1.09. The van der Waals surface area contributed by atoms with Gasteiger partial charge in [-0.3, -0.25) is 0 Å². The summed E-state index contributed by atoms with van der Waals surface area (Å²) in [7, 11) is 0. The minimum absolute atomic E-state index is 0.0140. The lowest BCUT2D eigenvalue weighted by Gasteiger charge is -2.09. The van der Waals surface area contributed by atoms with Crippen molar-refractivity contribution in [2.45, 2.75) is 25.3 Å². The summed E-state index contributed by atoms with van der Waals surface area (Å²) in [5.74, 6) is 1.69. The van der Waals surface area contributed by atoms with Crippen LogP contribution >= 0.6 is 23.4 Å². The second-order valence-electron chi connectivity index (χ2n) is 3.58. The van der Waals surface area contributed by atoms with E-state index in [-0.39, 0.29) is 6.61 Å². The fourth-order valence-electron chi connectivity index (χ4n) is 1.08. The molecule has 14 heavy (non-hydrogen) atoms. The molecule has 0 aliphatic rings. The second-order valence-corrected chi connectivity index (χ2v) is 5.05. The molecule has 0 aromatic heterocycles. The van der Waals surface area contributed by atoms with Crippen molar-refractivity contribution in [3.05, 3.63) is 28.8 Å². The minimum Gasteiger partial charge on any atom is -0.392 e. The first-order chi connectivity index (χ1) is 6.65. The topological polar surface area (TPSA) is 20.2 Å². The zero-order valence-corrected chi connectivity index (χ0v) is 10.0. The average Bonchev–Trinajstić information content (AvgIpc) is 2.14. The summed E-state index contributed by atoms with van der Waals surface area (Å²) in [5, 5.41) is 9.82. The van der Waals surface area contributed by atoms with Crippen LogP contribution in [0.4, 0.5) is 0 Å². The van der Waals surface area contributed by atoms with Gasteiger partial charge in [0.15, 0.2) is 0 Å². The molecule has 0 fully saturated rings. The molecular weight excluding hydrogens is 216 g/mol. The van der Waals surface area contributed by atoms with Crippen LogP contribution in [-0.2, 0) is 6.61 Å². The molecule has 3 heteroatoms. The van der Waals surface area contributed by atoms with E-state index in [1.54, 1.807) is 11.8 Å². The number of benzene rings is 1. The van der Waals surface area contributed by atoms with Crippen LogP contribution in [-0.4, -0.2) is 10.9 Å². The molecule has 1 rings (SSSR count). The first-order valence-corrected chi connectivity index (χ1v) is 6.02. The maximum absolute atomic E-state index is 9.17. The number of aliphatic hydroxyl groups excluding tert-OH is 1. The molecular formula is C11H15ClOS. The second kappa shape index (κ2) is 5.64. The molecule has 0 spiro atoms. The van der Waals surface area contributed by atoms with Gasteiger partial charge >= 0.3 is 0 Å². The van der Waals surface area contributed by atoms with Crippen molar-refractivity contribution in [1.82, 2.24) is 0 Å². The lowest BCUT2D eigenvalue weighted by Crippen LogP contribution is -1.94. The lowest BCUT2D eigenvalue weighted by molar-refractivity contribution is 0.279. The van der Waals surface area contributed by atoms with Gasteiger partial charge in [0.25, 0.3) is 0 Å². The van der Waals surface area contributed by atoms with Gasteiger partial charge in [-0.25, -0.2) is 0 Å². The van der Waals surface area contributed by atoms with Crippen LogP contribution in [0.1, 0.15) is 19.4 Å². The van der Waals surface area contributed by atoms with Crippen molar-refractivity contribution in [1.29, 1.82) is 0 Å². The molecule has 1 nitrogen and oxygen atoms in total. The normalized spacial score (nSPS) is 10.9. The van der Waals surface area contributed by atoms with Gasteiger partial charge in [-0.15, -0.1) is 11.8 Å². The summed E-state index contributed by atoms with van der Waals surface area (Å²) < 4.78 is 0. The van der Waals surface area contributed by atoms with Crippen LogP contribution in [0.25, 0.3) is 0 Å². The fourth-order valence-corrected chi connectivity index (χ4v) is 2.41. The highest BCUT2D eigenvalue weighted by molar-refractivity contribution is 7.99. The van der Waals surface area contributed by atoms with Crippen LogP contribution in [0.15, 0.2) is 23.1 Å². The van der Waals surface area contributed by atoms with Crippen LogP contribution < -0.4 is 0 Å². The monoisotopic (exact) mass is 230 g/mol. The van der Waals surface area contributed by atoms with E-state index in [1.165, 1.54) is 0 Å². The number of rotatable bonds is 4. The SMILES string of the molecule is CC(C)CSc1cccc(Cl)c1CO. The van der Waals surface area contributed by atoms with E-state index in [0.717, 1.165) is 16.2 Å². The summed E-state index contributed by atoms with van der Waals surface area (Å²) in [6, 6.07) is 5.74. The first-order valence-electron chi connectivity index (χ1n) is 4.66. The molecule has 78 valence electrons. The number of hydrogen-bond acceptors (Lipinski definition) is 2. The van der Waals surface area contributed by atoms with Crippen molar-refractivity contribution in [2.75, 3.05) is 5.75 Å². The number of aliphatic hydroxyl groups is 1.